The average Bonchev–Trinajstić information content (AvgIpc) is 3.12. The minimum atomic E-state index is 0.270. The van der Waals surface area contributed by atoms with Crippen molar-refractivity contribution in [1.82, 2.24) is 9.55 Å². The van der Waals surface area contributed by atoms with Crippen LogP contribution in [-0.4, -0.2) is 15.6 Å². The summed E-state index contributed by atoms with van der Waals surface area (Å²) in [6.07, 6.45) is 6.44. The van der Waals surface area contributed by atoms with Gasteiger partial charge in [0.15, 0.2) is 0 Å². The zero-order valence-electron chi connectivity index (χ0n) is 9.79. The first-order valence-electron chi connectivity index (χ1n) is 6.17. The second-order valence-electron chi connectivity index (χ2n) is 4.77. The maximum atomic E-state index is 6.17. The Kier molecular flexibility index (Phi) is 2.69. The van der Waals surface area contributed by atoms with Gasteiger partial charge in [-0.25, -0.2) is 4.98 Å². The molecule has 88 valence electrons. The predicted octanol–water partition coefficient (Wildman–Crippen LogP) is 2.29. The Morgan fingerprint density at radius 2 is 2.06 bits per heavy atom. The van der Waals surface area contributed by atoms with Crippen molar-refractivity contribution in [3.63, 3.8) is 0 Å². The summed E-state index contributed by atoms with van der Waals surface area (Å²) in [7, 11) is 0. The first-order valence-corrected chi connectivity index (χ1v) is 6.17. The van der Waals surface area contributed by atoms with Crippen molar-refractivity contribution < 1.29 is 0 Å². The maximum absolute atomic E-state index is 6.17. The summed E-state index contributed by atoms with van der Waals surface area (Å²) < 4.78 is 2.16. The van der Waals surface area contributed by atoms with Crippen molar-refractivity contribution in [2.75, 3.05) is 0 Å². The van der Waals surface area contributed by atoms with E-state index in [4.69, 9.17) is 5.73 Å². The lowest BCUT2D eigenvalue weighted by Crippen LogP contribution is -2.28. The van der Waals surface area contributed by atoms with E-state index < -0.39 is 0 Å². The van der Waals surface area contributed by atoms with Crippen LogP contribution in [0, 0.1) is 5.92 Å². The number of imidazole rings is 1. The van der Waals surface area contributed by atoms with Crippen molar-refractivity contribution >= 4 is 0 Å². The average molecular weight is 227 g/mol. The molecule has 2 aromatic rings. The molecular weight excluding hydrogens is 210 g/mol. The lowest BCUT2D eigenvalue weighted by molar-refractivity contribution is 0.505. The number of hydrogen-bond acceptors (Lipinski definition) is 2. The molecule has 1 saturated carbocycles. The zero-order chi connectivity index (χ0) is 11.7. The molecule has 3 nitrogen and oxygen atoms in total. The van der Waals surface area contributed by atoms with Crippen LogP contribution in [0.4, 0.5) is 0 Å². The molecule has 1 atom stereocenters. The fraction of sp³-hybridized carbons (Fsp3) is 0.357. The Morgan fingerprint density at radius 1 is 1.29 bits per heavy atom. The monoisotopic (exact) mass is 227 g/mol. The quantitative estimate of drug-likeness (QED) is 0.871. The normalized spacial score (nSPS) is 17.0. The van der Waals surface area contributed by atoms with Crippen molar-refractivity contribution in [1.29, 1.82) is 0 Å². The third-order valence-corrected chi connectivity index (χ3v) is 3.38. The molecular formula is C14H17N3. The number of nitrogens with two attached hydrogens (primary N) is 1. The van der Waals surface area contributed by atoms with Crippen LogP contribution in [0.5, 0.6) is 0 Å². The lowest BCUT2D eigenvalue weighted by atomic mass is 10.2. The van der Waals surface area contributed by atoms with E-state index in [2.05, 4.69) is 21.7 Å². The van der Waals surface area contributed by atoms with Crippen molar-refractivity contribution in [2.24, 2.45) is 11.7 Å². The number of nitrogens with zero attached hydrogens (tertiary/aromatic N) is 2. The molecule has 1 heterocycles. The van der Waals surface area contributed by atoms with Gasteiger partial charge in [0, 0.05) is 30.5 Å². The van der Waals surface area contributed by atoms with E-state index >= 15 is 0 Å². The molecule has 3 heteroatoms. The van der Waals surface area contributed by atoms with Crippen LogP contribution < -0.4 is 5.73 Å². The van der Waals surface area contributed by atoms with E-state index in [-0.39, 0.29) is 6.04 Å². The molecule has 1 aromatic carbocycles. The van der Waals surface area contributed by atoms with Crippen molar-refractivity contribution in [3.05, 3.63) is 42.7 Å². The van der Waals surface area contributed by atoms with Gasteiger partial charge in [-0.2, -0.15) is 0 Å². The molecule has 1 unspecified atom stereocenters. The minimum Gasteiger partial charge on any atom is -0.329 e. The summed E-state index contributed by atoms with van der Waals surface area (Å²) in [5.74, 6) is 1.74. The maximum Gasteiger partial charge on any atom is 0.139 e. The molecule has 0 spiro atoms. The third kappa shape index (κ3) is 2.24. The molecule has 0 bridgehead atoms. The minimum absolute atomic E-state index is 0.270. The summed E-state index contributed by atoms with van der Waals surface area (Å²) in [5, 5.41) is 0. The second kappa shape index (κ2) is 4.34. The van der Waals surface area contributed by atoms with Gasteiger partial charge in [-0.1, -0.05) is 30.3 Å². The van der Waals surface area contributed by atoms with Crippen molar-refractivity contribution in [3.8, 4) is 11.4 Å². The number of hydrogen-bond donors (Lipinski definition) is 1. The molecule has 17 heavy (non-hydrogen) atoms. The summed E-state index contributed by atoms with van der Waals surface area (Å²) in [5.41, 5.74) is 7.32. The molecule has 1 aliphatic carbocycles. The molecule has 0 aliphatic heterocycles. The number of benzene rings is 1. The summed E-state index contributed by atoms with van der Waals surface area (Å²) in [6.45, 7) is 0.870. The van der Waals surface area contributed by atoms with Gasteiger partial charge in [-0.15, -0.1) is 0 Å². The zero-order valence-corrected chi connectivity index (χ0v) is 9.79. The largest absolute Gasteiger partial charge is 0.329 e. The second-order valence-corrected chi connectivity index (χ2v) is 4.77. The van der Waals surface area contributed by atoms with Crippen LogP contribution in [0.15, 0.2) is 42.7 Å². The number of aromatic nitrogens is 2. The van der Waals surface area contributed by atoms with E-state index in [1.165, 1.54) is 12.8 Å². The van der Waals surface area contributed by atoms with Gasteiger partial charge in [0.25, 0.3) is 0 Å². The smallest absolute Gasteiger partial charge is 0.139 e. The van der Waals surface area contributed by atoms with Crippen LogP contribution in [-0.2, 0) is 6.54 Å². The van der Waals surface area contributed by atoms with Gasteiger partial charge in [0.05, 0.1) is 0 Å². The highest BCUT2D eigenvalue weighted by Crippen LogP contribution is 2.32. The van der Waals surface area contributed by atoms with Crippen LogP contribution >= 0.6 is 0 Å². The van der Waals surface area contributed by atoms with Gasteiger partial charge < -0.3 is 10.3 Å². The Bertz CT molecular complexity index is 485. The summed E-state index contributed by atoms with van der Waals surface area (Å²) in [6, 6.07) is 10.5. The van der Waals surface area contributed by atoms with Crippen LogP contribution in [0.25, 0.3) is 11.4 Å². The summed E-state index contributed by atoms with van der Waals surface area (Å²) in [4.78, 5) is 4.43. The van der Waals surface area contributed by atoms with Gasteiger partial charge in [0.2, 0.25) is 0 Å². The van der Waals surface area contributed by atoms with Gasteiger partial charge in [-0.3, -0.25) is 0 Å². The molecule has 1 fully saturated rings. The van der Waals surface area contributed by atoms with E-state index in [1.54, 1.807) is 0 Å². The van der Waals surface area contributed by atoms with E-state index in [0.717, 1.165) is 23.9 Å². The first-order chi connectivity index (χ1) is 8.34. The Balaban J connectivity index is 1.83. The Hall–Kier alpha value is -1.61. The first kappa shape index (κ1) is 10.5. The SMILES string of the molecule is NC(Cn1ccnc1-c1ccccc1)C1CC1. The lowest BCUT2D eigenvalue weighted by Gasteiger charge is -2.13. The highest BCUT2D eigenvalue weighted by Gasteiger charge is 2.28. The molecule has 0 radical (unpaired) electrons. The van der Waals surface area contributed by atoms with E-state index in [1.807, 2.05) is 30.6 Å². The predicted molar refractivity (Wildman–Crippen MR) is 68.4 cm³/mol. The number of rotatable bonds is 4. The van der Waals surface area contributed by atoms with Crippen LogP contribution in [0.1, 0.15) is 12.8 Å². The molecule has 1 aromatic heterocycles. The summed E-state index contributed by atoms with van der Waals surface area (Å²) >= 11 is 0. The van der Waals surface area contributed by atoms with E-state index in [0.29, 0.717) is 0 Å². The van der Waals surface area contributed by atoms with Gasteiger partial charge in [0.1, 0.15) is 5.82 Å². The van der Waals surface area contributed by atoms with Gasteiger partial charge in [-0.05, 0) is 18.8 Å². The van der Waals surface area contributed by atoms with Crippen LogP contribution in [0.2, 0.25) is 0 Å². The van der Waals surface area contributed by atoms with Gasteiger partial charge >= 0.3 is 0 Å². The fourth-order valence-electron chi connectivity index (χ4n) is 2.20. The van der Waals surface area contributed by atoms with Crippen molar-refractivity contribution in [2.45, 2.75) is 25.4 Å². The Labute approximate surface area is 101 Å². The molecule has 0 amide bonds. The standard InChI is InChI=1S/C14H17N3/c15-13(11-6-7-11)10-17-9-8-16-14(17)12-4-2-1-3-5-12/h1-5,8-9,11,13H,6-7,10,15H2. The van der Waals surface area contributed by atoms with E-state index in [9.17, 15) is 0 Å². The molecule has 0 saturated heterocycles. The highest BCUT2D eigenvalue weighted by atomic mass is 15.1. The fourth-order valence-corrected chi connectivity index (χ4v) is 2.20. The highest BCUT2D eigenvalue weighted by molar-refractivity contribution is 5.55. The van der Waals surface area contributed by atoms with Crippen LogP contribution in [0.3, 0.4) is 0 Å². The molecule has 1 aliphatic rings. The Morgan fingerprint density at radius 3 is 2.76 bits per heavy atom. The third-order valence-electron chi connectivity index (χ3n) is 3.38. The topological polar surface area (TPSA) is 43.8 Å². The molecule has 2 N–H and O–H groups in total. The molecule has 3 rings (SSSR count).